The summed E-state index contributed by atoms with van der Waals surface area (Å²) in [5.41, 5.74) is 0.204. The molecule has 0 aromatic heterocycles. The van der Waals surface area contributed by atoms with Gasteiger partial charge in [0.25, 0.3) is 0 Å². The van der Waals surface area contributed by atoms with Gasteiger partial charge in [0, 0.05) is 0 Å². The minimum absolute atomic E-state index is 0.0107. The van der Waals surface area contributed by atoms with E-state index in [2.05, 4.69) is 0 Å². The van der Waals surface area contributed by atoms with Crippen molar-refractivity contribution in [1.82, 2.24) is 0 Å². The lowest BCUT2D eigenvalue weighted by molar-refractivity contribution is -0.163. The van der Waals surface area contributed by atoms with Crippen molar-refractivity contribution in [3.8, 4) is 0 Å². The average Bonchev–Trinajstić information content (AvgIpc) is 2.79. The Labute approximate surface area is 116 Å². The van der Waals surface area contributed by atoms with E-state index in [1.807, 2.05) is 0 Å². The zero-order valence-electron chi connectivity index (χ0n) is 11.8. The number of carboxylic acids is 1. The van der Waals surface area contributed by atoms with Gasteiger partial charge in [-0.1, -0.05) is 12.8 Å². The molecule has 5 fully saturated rings. The topological polar surface area (TPSA) is 37.3 Å². The molecule has 5 saturated carbocycles. The van der Waals surface area contributed by atoms with Crippen molar-refractivity contribution in [2.75, 3.05) is 0 Å². The molecule has 1 N–H and O–H groups in total. The molecule has 0 amide bonds. The van der Waals surface area contributed by atoms with Crippen LogP contribution in [0.15, 0.2) is 0 Å². The van der Waals surface area contributed by atoms with E-state index >= 15 is 0 Å². The molecule has 0 spiro atoms. The van der Waals surface area contributed by atoms with Crippen molar-refractivity contribution in [1.29, 1.82) is 0 Å². The molecule has 5 aliphatic carbocycles. The van der Waals surface area contributed by atoms with E-state index in [0.29, 0.717) is 5.92 Å². The van der Waals surface area contributed by atoms with Gasteiger partial charge in [-0.05, 0) is 80.5 Å². The molecule has 2 heteroatoms. The normalized spacial score (nSPS) is 46.6. The zero-order chi connectivity index (χ0) is 13.0. The first-order chi connectivity index (χ1) is 9.16. The zero-order valence-corrected chi connectivity index (χ0v) is 11.8. The van der Waals surface area contributed by atoms with Crippen LogP contribution in [0.25, 0.3) is 0 Å². The van der Waals surface area contributed by atoms with Crippen LogP contribution in [0, 0.1) is 35.0 Å². The first-order valence-corrected chi connectivity index (χ1v) is 8.39. The van der Waals surface area contributed by atoms with E-state index in [0.717, 1.165) is 17.8 Å². The largest absolute Gasteiger partial charge is 0.481 e. The Kier molecular flexibility index (Phi) is 2.72. The summed E-state index contributed by atoms with van der Waals surface area (Å²) in [6.45, 7) is 0. The first kappa shape index (κ1) is 12.2. The van der Waals surface area contributed by atoms with Crippen molar-refractivity contribution in [3.05, 3.63) is 0 Å². The number of hydrogen-bond acceptors (Lipinski definition) is 1. The van der Waals surface area contributed by atoms with Crippen LogP contribution in [0.5, 0.6) is 0 Å². The first-order valence-electron chi connectivity index (χ1n) is 8.39. The minimum atomic E-state index is -0.464. The van der Waals surface area contributed by atoms with Crippen LogP contribution < -0.4 is 0 Å². The van der Waals surface area contributed by atoms with Gasteiger partial charge in [0.05, 0.1) is 5.92 Å². The van der Waals surface area contributed by atoms with Crippen LogP contribution in [-0.4, -0.2) is 11.1 Å². The molecular formula is C17H26O2. The van der Waals surface area contributed by atoms with E-state index in [1.54, 1.807) is 0 Å². The smallest absolute Gasteiger partial charge is 0.307 e. The van der Waals surface area contributed by atoms with Crippen LogP contribution in [-0.2, 0) is 4.79 Å². The molecule has 2 nitrogen and oxygen atoms in total. The van der Waals surface area contributed by atoms with Crippen LogP contribution in [0.1, 0.15) is 64.2 Å². The average molecular weight is 262 g/mol. The van der Waals surface area contributed by atoms with Gasteiger partial charge in [-0.15, -0.1) is 0 Å². The predicted octanol–water partition coefficient (Wildman–Crippen LogP) is 4.09. The molecule has 1 atom stereocenters. The third kappa shape index (κ3) is 1.86. The van der Waals surface area contributed by atoms with Gasteiger partial charge in [-0.2, -0.15) is 0 Å². The lowest BCUT2D eigenvalue weighted by Crippen LogP contribution is -2.53. The van der Waals surface area contributed by atoms with E-state index in [-0.39, 0.29) is 11.3 Å². The number of aliphatic carboxylic acids is 1. The second-order valence-electron chi connectivity index (χ2n) is 8.14. The maximum atomic E-state index is 12.0. The van der Waals surface area contributed by atoms with Gasteiger partial charge in [0.1, 0.15) is 0 Å². The van der Waals surface area contributed by atoms with Crippen molar-refractivity contribution >= 4 is 5.97 Å². The van der Waals surface area contributed by atoms with E-state index < -0.39 is 5.97 Å². The molecule has 5 rings (SSSR count). The number of carbonyl (C=O) groups is 1. The fraction of sp³-hybridized carbons (Fsp3) is 0.941. The molecule has 0 radical (unpaired) electrons. The van der Waals surface area contributed by atoms with Crippen molar-refractivity contribution in [3.63, 3.8) is 0 Å². The highest BCUT2D eigenvalue weighted by atomic mass is 16.4. The summed E-state index contributed by atoms with van der Waals surface area (Å²) in [4.78, 5) is 12.0. The van der Waals surface area contributed by atoms with Gasteiger partial charge in [0.15, 0.2) is 0 Å². The summed E-state index contributed by atoms with van der Waals surface area (Å²) in [7, 11) is 0. The van der Waals surface area contributed by atoms with E-state index in [1.165, 1.54) is 64.2 Å². The Hall–Kier alpha value is -0.530. The Bertz CT molecular complexity index is 345. The SMILES string of the molecule is O=C(O)C(C1CCCC1)C12CC3CC(CC(C3)C1)C2. The summed E-state index contributed by atoms with van der Waals surface area (Å²) in [5, 5.41) is 9.89. The number of carboxylic acid groups (broad SMARTS) is 1. The molecule has 0 aliphatic heterocycles. The van der Waals surface area contributed by atoms with Gasteiger partial charge in [0.2, 0.25) is 0 Å². The highest BCUT2D eigenvalue weighted by Crippen LogP contribution is 2.64. The van der Waals surface area contributed by atoms with Crippen molar-refractivity contribution < 1.29 is 9.90 Å². The van der Waals surface area contributed by atoms with Gasteiger partial charge in [-0.25, -0.2) is 0 Å². The summed E-state index contributed by atoms with van der Waals surface area (Å²) in [6, 6.07) is 0. The Balaban J connectivity index is 1.66. The van der Waals surface area contributed by atoms with Crippen molar-refractivity contribution in [2.45, 2.75) is 64.2 Å². The quantitative estimate of drug-likeness (QED) is 0.831. The van der Waals surface area contributed by atoms with E-state index in [4.69, 9.17) is 0 Å². The molecule has 19 heavy (non-hydrogen) atoms. The highest BCUT2D eigenvalue weighted by molar-refractivity contribution is 5.71. The Morgan fingerprint density at radius 1 is 0.947 bits per heavy atom. The second kappa shape index (κ2) is 4.23. The maximum Gasteiger partial charge on any atom is 0.307 e. The molecule has 0 aromatic rings. The molecule has 5 aliphatic rings. The lowest BCUT2D eigenvalue weighted by Gasteiger charge is -2.59. The summed E-state index contributed by atoms with van der Waals surface area (Å²) in [5.74, 6) is 2.63. The predicted molar refractivity (Wildman–Crippen MR) is 73.7 cm³/mol. The monoisotopic (exact) mass is 262 g/mol. The lowest BCUT2D eigenvalue weighted by atomic mass is 9.45. The Morgan fingerprint density at radius 3 is 1.84 bits per heavy atom. The summed E-state index contributed by atoms with van der Waals surface area (Å²) < 4.78 is 0. The third-order valence-electron chi connectivity index (χ3n) is 6.88. The van der Waals surface area contributed by atoms with Gasteiger partial charge < -0.3 is 5.11 Å². The van der Waals surface area contributed by atoms with Gasteiger partial charge in [-0.3, -0.25) is 4.79 Å². The standard InChI is InChI=1S/C17H26O2/c18-16(19)15(14-3-1-2-4-14)17-8-11-5-12(9-17)7-13(6-11)10-17/h11-15H,1-10H2,(H,18,19). The number of hydrogen-bond donors (Lipinski definition) is 1. The molecule has 0 aromatic carbocycles. The maximum absolute atomic E-state index is 12.0. The second-order valence-corrected chi connectivity index (χ2v) is 8.14. The fourth-order valence-electron chi connectivity index (χ4n) is 6.81. The van der Waals surface area contributed by atoms with Crippen molar-refractivity contribution in [2.24, 2.45) is 35.0 Å². The molecule has 0 saturated heterocycles. The van der Waals surface area contributed by atoms with Gasteiger partial charge >= 0.3 is 5.97 Å². The van der Waals surface area contributed by atoms with Crippen LogP contribution in [0.3, 0.4) is 0 Å². The summed E-state index contributed by atoms with van der Waals surface area (Å²) in [6.07, 6.45) is 12.9. The Morgan fingerprint density at radius 2 is 1.42 bits per heavy atom. The fourth-order valence-corrected chi connectivity index (χ4v) is 6.81. The molecule has 106 valence electrons. The number of rotatable bonds is 3. The molecule has 0 heterocycles. The van der Waals surface area contributed by atoms with Crippen LogP contribution in [0.2, 0.25) is 0 Å². The molecule has 1 unspecified atom stereocenters. The summed E-state index contributed by atoms with van der Waals surface area (Å²) >= 11 is 0. The van der Waals surface area contributed by atoms with E-state index in [9.17, 15) is 9.90 Å². The molecule has 4 bridgehead atoms. The minimum Gasteiger partial charge on any atom is -0.481 e. The third-order valence-corrected chi connectivity index (χ3v) is 6.88. The highest BCUT2D eigenvalue weighted by Gasteiger charge is 2.57. The molecular weight excluding hydrogens is 236 g/mol. The van der Waals surface area contributed by atoms with Crippen LogP contribution in [0.4, 0.5) is 0 Å². The van der Waals surface area contributed by atoms with Crippen LogP contribution >= 0.6 is 0 Å².